The molecule has 35 heavy (non-hydrogen) atoms. The summed E-state index contributed by atoms with van der Waals surface area (Å²) in [6.07, 6.45) is 1.80. The van der Waals surface area contributed by atoms with Crippen molar-refractivity contribution in [3.8, 4) is 11.3 Å². The molecule has 2 aromatic carbocycles. The summed E-state index contributed by atoms with van der Waals surface area (Å²) in [4.78, 5) is 11.0. The highest BCUT2D eigenvalue weighted by Gasteiger charge is 2.46. The molecule has 0 spiro atoms. The van der Waals surface area contributed by atoms with Gasteiger partial charge in [-0.1, -0.05) is 97.8 Å². The molecule has 0 saturated heterocycles. The second kappa shape index (κ2) is 8.81. The van der Waals surface area contributed by atoms with Crippen LogP contribution in [0.5, 0.6) is 0 Å². The van der Waals surface area contributed by atoms with Gasteiger partial charge in [-0.3, -0.25) is 0 Å². The lowest BCUT2D eigenvalue weighted by molar-refractivity contribution is 0.638. The molecule has 1 aliphatic rings. The Kier molecular flexibility index (Phi) is 6.20. The van der Waals surface area contributed by atoms with E-state index in [4.69, 9.17) is 9.97 Å². The molecule has 0 amide bonds. The van der Waals surface area contributed by atoms with Crippen molar-refractivity contribution in [2.24, 2.45) is 17.8 Å². The fourth-order valence-corrected chi connectivity index (χ4v) is 16.7. The van der Waals surface area contributed by atoms with Crippen molar-refractivity contribution >= 4 is 44.9 Å². The van der Waals surface area contributed by atoms with E-state index in [2.05, 4.69) is 91.8 Å². The molecule has 184 valence electrons. The fourth-order valence-electron chi connectivity index (χ4n) is 7.07. The summed E-state index contributed by atoms with van der Waals surface area (Å²) in [6.45, 7) is 19.5. The van der Waals surface area contributed by atoms with E-state index in [1.54, 1.807) is 16.4 Å². The number of nitrogens with zero attached hydrogens (tertiary/aromatic N) is 2. The summed E-state index contributed by atoms with van der Waals surface area (Å²) in [7, 11) is -1.81. The molecule has 2 nitrogen and oxygen atoms in total. The fraction of sp³-hybridized carbons (Fsp3) is 0.484. The van der Waals surface area contributed by atoms with Crippen molar-refractivity contribution in [1.82, 2.24) is 9.97 Å². The number of thiophene rings is 1. The standard InChI is InChI=1S/C31H40N2SSi/c1-19(2)15-35(16-20(3)4,17-21(5)6)30-27-26-28(32-18-33-29(26)34-30)24-13-22-11-9-10-12-23(22)14-25(24)31(27,7)8/h9-14,18-21H,15-17H2,1-8H3. The smallest absolute Gasteiger partial charge is 0.127 e. The van der Waals surface area contributed by atoms with Crippen LogP contribution in [0.1, 0.15) is 66.5 Å². The monoisotopic (exact) mass is 500 g/mol. The number of benzene rings is 2. The molecule has 2 aromatic heterocycles. The number of aromatic nitrogens is 2. The second-order valence-corrected chi connectivity index (χ2v) is 18.3. The van der Waals surface area contributed by atoms with Crippen molar-refractivity contribution < 1.29 is 0 Å². The topological polar surface area (TPSA) is 25.8 Å². The lowest BCUT2D eigenvalue weighted by Gasteiger charge is -2.41. The Bertz CT molecular complexity index is 1370. The molecule has 4 heteroatoms. The third kappa shape index (κ3) is 4.07. The van der Waals surface area contributed by atoms with E-state index in [9.17, 15) is 0 Å². The van der Waals surface area contributed by atoms with Gasteiger partial charge in [0.25, 0.3) is 0 Å². The second-order valence-electron chi connectivity index (χ2n) is 12.7. The van der Waals surface area contributed by atoms with Gasteiger partial charge in [-0.2, -0.15) is 0 Å². The Hall–Kier alpha value is -2.04. The van der Waals surface area contributed by atoms with E-state index in [0.717, 1.165) is 5.69 Å². The van der Waals surface area contributed by atoms with E-state index in [1.807, 2.05) is 11.3 Å². The Labute approximate surface area is 216 Å². The van der Waals surface area contributed by atoms with Crippen LogP contribution in [0.2, 0.25) is 18.1 Å². The van der Waals surface area contributed by atoms with Gasteiger partial charge in [0.05, 0.1) is 5.69 Å². The molecular formula is C31H40N2SSi. The lowest BCUT2D eigenvalue weighted by Crippen LogP contribution is -2.52. The normalized spacial score (nSPS) is 15.1. The summed E-state index contributed by atoms with van der Waals surface area (Å²) >= 11 is 2.02. The summed E-state index contributed by atoms with van der Waals surface area (Å²) in [5.41, 5.74) is 5.35. The van der Waals surface area contributed by atoms with Crippen LogP contribution in [-0.4, -0.2) is 18.0 Å². The molecule has 1 aliphatic carbocycles. The maximum absolute atomic E-state index is 4.94. The van der Waals surface area contributed by atoms with Crippen LogP contribution in [0, 0.1) is 17.8 Å². The Morgan fingerprint density at radius 1 is 0.829 bits per heavy atom. The first kappa shape index (κ1) is 24.6. The number of hydrogen-bond acceptors (Lipinski definition) is 3. The Morgan fingerprint density at radius 3 is 1.97 bits per heavy atom. The molecule has 4 aromatic rings. The minimum atomic E-state index is -1.81. The van der Waals surface area contributed by atoms with Gasteiger partial charge < -0.3 is 0 Å². The van der Waals surface area contributed by atoms with Crippen LogP contribution in [0.4, 0.5) is 0 Å². The van der Waals surface area contributed by atoms with Crippen molar-refractivity contribution in [3.63, 3.8) is 0 Å². The largest absolute Gasteiger partial charge is 0.236 e. The maximum Gasteiger partial charge on any atom is 0.127 e. The van der Waals surface area contributed by atoms with E-state index in [-0.39, 0.29) is 5.41 Å². The zero-order valence-corrected chi connectivity index (χ0v) is 24.5. The van der Waals surface area contributed by atoms with Crippen molar-refractivity contribution in [1.29, 1.82) is 0 Å². The molecule has 0 aliphatic heterocycles. The SMILES string of the molecule is CC(C)C[Si](CC(C)C)(CC(C)C)c1sc2ncnc3c2c1C(C)(C)c1cc2ccccc2cc1-3. The van der Waals surface area contributed by atoms with Gasteiger partial charge in [-0.15, -0.1) is 11.3 Å². The van der Waals surface area contributed by atoms with Gasteiger partial charge in [0.15, 0.2) is 0 Å². The molecule has 0 N–H and O–H groups in total. The molecule has 0 unspecified atom stereocenters. The number of fused-ring (bicyclic) bond motifs is 3. The van der Waals surface area contributed by atoms with Gasteiger partial charge >= 0.3 is 0 Å². The maximum atomic E-state index is 4.94. The molecule has 0 bridgehead atoms. The lowest BCUT2D eigenvalue weighted by atomic mass is 9.71. The van der Waals surface area contributed by atoms with Crippen LogP contribution in [0.25, 0.3) is 32.2 Å². The first-order valence-electron chi connectivity index (χ1n) is 13.4. The van der Waals surface area contributed by atoms with Gasteiger partial charge in [0.2, 0.25) is 0 Å². The molecule has 5 rings (SSSR count). The zero-order valence-electron chi connectivity index (χ0n) is 22.7. The molecule has 0 saturated carbocycles. The van der Waals surface area contributed by atoms with Crippen LogP contribution in [0.15, 0.2) is 42.7 Å². The average Bonchev–Trinajstić information content (AvgIpc) is 3.17. The van der Waals surface area contributed by atoms with Crippen molar-refractivity contribution in [2.75, 3.05) is 0 Å². The van der Waals surface area contributed by atoms with Gasteiger partial charge in [0, 0.05) is 16.4 Å². The van der Waals surface area contributed by atoms with Crippen LogP contribution >= 0.6 is 11.3 Å². The van der Waals surface area contributed by atoms with Crippen molar-refractivity contribution in [2.45, 2.75) is 78.9 Å². The minimum absolute atomic E-state index is 0.0755. The van der Waals surface area contributed by atoms with E-state index in [0.29, 0.717) is 17.8 Å². The molecule has 0 fully saturated rings. The van der Waals surface area contributed by atoms with Gasteiger partial charge in [-0.05, 0) is 56.3 Å². The van der Waals surface area contributed by atoms with Gasteiger partial charge in [0.1, 0.15) is 19.2 Å². The highest BCUT2D eigenvalue weighted by molar-refractivity contribution is 7.32. The summed E-state index contributed by atoms with van der Waals surface area (Å²) in [5.74, 6) is 2.10. The molecular weight excluding hydrogens is 461 g/mol. The third-order valence-corrected chi connectivity index (χ3v) is 16.3. The predicted octanol–water partition coefficient (Wildman–Crippen LogP) is 8.77. The molecule has 0 atom stereocenters. The Morgan fingerprint density at radius 2 is 1.40 bits per heavy atom. The van der Waals surface area contributed by atoms with Crippen molar-refractivity contribution in [3.05, 3.63) is 53.9 Å². The average molecular weight is 501 g/mol. The Balaban J connectivity index is 1.87. The highest BCUT2D eigenvalue weighted by atomic mass is 32.1. The first-order valence-corrected chi connectivity index (χ1v) is 16.8. The van der Waals surface area contributed by atoms with E-state index < -0.39 is 8.07 Å². The van der Waals surface area contributed by atoms with E-state index in [1.165, 1.54) is 50.2 Å². The van der Waals surface area contributed by atoms with Crippen LogP contribution < -0.4 is 4.50 Å². The third-order valence-electron chi connectivity index (χ3n) is 7.81. The molecule has 2 heterocycles. The zero-order chi connectivity index (χ0) is 25.1. The number of hydrogen-bond donors (Lipinski definition) is 0. The van der Waals surface area contributed by atoms with Crippen LogP contribution in [-0.2, 0) is 5.41 Å². The van der Waals surface area contributed by atoms with Crippen LogP contribution in [0.3, 0.4) is 0 Å². The predicted molar refractivity (Wildman–Crippen MR) is 157 cm³/mol. The quantitative estimate of drug-likeness (QED) is 0.237. The summed E-state index contributed by atoms with van der Waals surface area (Å²) < 4.78 is 1.72. The number of rotatable bonds is 7. The summed E-state index contributed by atoms with van der Waals surface area (Å²) in [6, 6.07) is 17.6. The molecule has 0 radical (unpaired) electrons. The summed E-state index contributed by atoms with van der Waals surface area (Å²) in [5, 5.41) is 3.95. The van der Waals surface area contributed by atoms with E-state index >= 15 is 0 Å². The highest BCUT2D eigenvalue weighted by Crippen LogP contribution is 2.51. The minimum Gasteiger partial charge on any atom is -0.236 e. The first-order chi connectivity index (χ1) is 16.5. The van der Waals surface area contributed by atoms with Gasteiger partial charge in [-0.25, -0.2) is 9.97 Å².